The van der Waals surface area contributed by atoms with E-state index in [1.165, 1.54) is 0 Å². The van der Waals surface area contributed by atoms with Gasteiger partial charge < -0.3 is 15.5 Å². The fourth-order valence-corrected chi connectivity index (χ4v) is 6.40. The Balaban J connectivity index is 1.36. The number of aromatic nitrogens is 4. The van der Waals surface area contributed by atoms with Gasteiger partial charge in [0.05, 0.1) is 12.5 Å². The van der Waals surface area contributed by atoms with E-state index in [4.69, 9.17) is 10.7 Å². The quantitative estimate of drug-likeness (QED) is 0.259. The van der Waals surface area contributed by atoms with Crippen LogP contribution >= 0.6 is 0 Å². The number of amides is 1. The number of hydrogen-bond acceptors (Lipinski definition) is 7. The van der Waals surface area contributed by atoms with Crippen molar-refractivity contribution in [1.29, 1.82) is 0 Å². The van der Waals surface area contributed by atoms with Crippen LogP contribution in [0.15, 0.2) is 73.2 Å². The highest BCUT2D eigenvalue weighted by Gasteiger charge is 2.48. The van der Waals surface area contributed by atoms with Gasteiger partial charge in [-0.2, -0.15) is 0 Å². The first-order valence-electron chi connectivity index (χ1n) is 14.2. The Bertz CT molecular complexity index is 1590. The maximum atomic E-state index is 13.5. The topological polar surface area (TPSA) is 110 Å². The van der Waals surface area contributed by atoms with Crippen LogP contribution in [0.25, 0.3) is 16.8 Å². The number of fused-ring (bicyclic) bond motifs is 2. The van der Waals surface area contributed by atoms with E-state index < -0.39 is 0 Å². The number of carbonyl (C=O) groups is 2. The van der Waals surface area contributed by atoms with Gasteiger partial charge in [-0.25, -0.2) is 9.97 Å². The highest BCUT2D eigenvalue weighted by Crippen LogP contribution is 2.50. The molecule has 4 aromatic rings. The van der Waals surface area contributed by atoms with Crippen molar-refractivity contribution in [3.63, 3.8) is 0 Å². The third-order valence-corrected chi connectivity index (χ3v) is 8.33. The van der Waals surface area contributed by atoms with E-state index >= 15 is 0 Å². The standard InChI is InChI=1S/C32H35N7O2/c1-37(2)17-6-10-27(41)39-20-23-7-5-9-25(23)29(39)32-36-28(30-31(33)35-16-18-38(30)32)22-13-11-21(12-14-22)26(40)19-24-8-3-4-15-34-24/h3-4,6,8,10-16,18,23,25,29H,5,7,9,17,19-20H2,1-2H3,(H2,33,35)/b10-6+/t23?,25?,29-/m0/s1. The molecule has 3 aromatic heterocycles. The Labute approximate surface area is 239 Å². The molecule has 210 valence electrons. The minimum absolute atomic E-state index is 0.00141. The second-order valence-corrected chi connectivity index (χ2v) is 11.3. The number of carbonyl (C=O) groups excluding carboxylic acids is 2. The van der Waals surface area contributed by atoms with Gasteiger partial charge in [-0.05, 0) is 50.9 Å². The molecule has 6 rings (SSSR count). The van der Waals surface area contributed by atoms with Gasteiger partial charge in [0.25, 0.3) is 0 Å². The predicted molar refractivity (Wildman–Crippen MR) is 158 cm³/mol. The summed E-state index contributed by atoms with van der Waals surface area (Å²) in [6.07, 6.45) is 12.5. The lowest BCUT2D eigenvalue weighted by Gasteiger charge is -2.26. The van der Waals surface area contributed by atoms with Gasteiger partial charge in [0.2, 0.25) is 5.91 Å². The molecular weight excluding hydrogens is 514 g/mol. The number of pyridine rings is 1. The van der Waals surface area contributed by atoms with Crippen LogP contribution in [0, 0.1) is 11.8 Å². The van der Waals surface area contributed by atoms with Gasteiger partial charge in [-0.3, -0.25) is 19.0 Å². The maximum absolute atomic E-state index is 13.5. The molecule has 2 N–H and O–H groups in total. The second kappa shape index (κ2) is 11.2. The maximum Gasteiger partial charge on any atom is 0.246 e. The number of likely N-dealkylation sites (tertiary alicyclic amines) is 1. The molecule has 1 saturated carbocycles. The lowest BCUT2D eigenvalue weighted by molar-refractivity contribution is -0.127. The lowest BCUT2D eigenvalue weighted by Crippen LogP contribution is -2.32. The Morgan fingerprint density at radius 2 is 1.90 bits per heavy atom. The number of imidazole rings is 1. The van der Waals surface area contributed by atoms with Gasteiger partial charge in [0.1, 0.15) is 22.9 Å². The largest absolute Gasteiger partial charge is 0.382 e. The van der Waals surface area contributed by atoms with Crippen LogP contribution < -0.4 is 5.73 Å². The predicted octanol–water partition coefficient (Wildman–Crippen LogP) is 4.22. The summed E-state index contributed by atoms with van der Waals surface area (Å²) < 4.78 is 2.01. The molecule has 2 fully saturated rings. The molecule has 0 spiro atoms. The van der Waals surface area contributed by atoms with E-state index in [2.05, 4.69) is 9.97 Å². The van der Waals surface area contributed by atoms with E-state index in [9.17, 15) is 9.59 Å². The van der Waals surface area contributed by atoms with Gasteiger partial charge in [0, 0.05) is 54.6 Å². The van der Waals surface area contributed by atoms with Crippen LogP contribution in [0.3, 0.4) is 0 Å². The van der Waals surface area contributed by atoms with E-state index in [0.717, 1.165) is 42.9 Å². The van der Waals surface area contributed by atoms with Crippen molar-refractivity contribution in [2.24, 2.45) is 11.8 Å². The van der Waals surface area contributed by atoms with Crippen molar-refractivity contribution in [1.82, 2.24) is 29.2 Å². The summed E-state index contributed by atoms with van der Waals surface area (Å²) in [6, 6.07) is 12.9. The summed E-state index contributed by atoms with van der Waals surface area (Å²) in [7, 11) is 3.97. The molecular formula is C32H35N7O2. The number of Topliss-reactive ketones (excluding diaryl/α,β-unsaturated/α-hetero) is 1. The third-order valence-electron chi connectivity index (χ3n) is 8.33. The van der Waals surface area contributed by atoms with Crippen molar-refractivity contribution < 1.29 is 9.59 Å². The Morgan fingerprint density at radius 1 is 1.07 bits per heavy atom. The van der Waals surface area contributed by atoms with Gasteiger partial charge >= 0.3 is 0 Å². The van der Waals surface area contributed by atoms with Gasteiger partial charge in [0.15, 0.2) is 5.78 Å². The molecule has 41 heavy (non-hydrogen) atoms. The number of likely N-dealkylation sites (N-methyl/N-ethyl adjacent to an activating group) is 1. The van der Waals surface area contributed by atoms with E-state index in [1.807, 2.05) is 83.0 Å². The summed E-state index contributed by atoms with van der Waals surface area (Å²) in [5.74, 6) is 2.01. The molecule has 1 saturated heterocycles. The van der Waals surface area contributed by atoms with Crippen molar-refractivity contribution >= 4 is 23.0 Å². The third kappa shape index (κ3) is 5.25. The molecule has 4 heterocycles. The van der Waals surface area contributed by atoms with Crippen molar-refractivity contribution in [2.75, 3.05) is 32.9 Å². The monoisotopic (exact) mass is 549 g/mol. The lowest BCUT2D eigenvalue weighted by atomic mass is 9.93. The number of rotatable bonds is 8. The number of hydrogen-bond donors (Lipinski definition) is 1. The molecule has 0 radical (unpaired) electrons. The highest BCUT2D eigenvalue weighted by atomic mass is 16.2. The van der Waals surface area contributed by atoms with Crippen LogP contribution in [0.1, 0.15) is 47.2 Å². The first kappa shape index (κ1) is 26.8. The minimum Gasteiger partial charge on any atom is -0.382 e. The number of nitrogen functional groups attached to an aromatic ring is 1. The molecule has 1 aromatic carbocycles. The van der Waals surface area contributed by atoms with Crippen LogP contribution in [0.5, 0.6) is 0 Å². The molecule has 1 aliphatic carbocycles. The zero-order valence-electron chi connectivity index (χ0n) is 23.5. The Morgan fingerprint density at radius 3 is 2.66 bits per heavy atom. The molecule has 1 aliphatic heterocycles. The normalized spacial score (nSPS) is 20.4. The fourth-order valence-electron chi connectivity index (χ4n) is 6.40. The van der Waals surface area contributed by atoms with E-state index in [0.29, 0.717) is 41.0 Å². The molecule has 0 bridgehead atoms. The van der Waals surface area contributed by atoms with Gasteiger partial charge in [-0.1, -0.05) is 42.8 Å². The van der Waals surface area contributed by atoms with Crippen LogP contribution in [0.2, 0.25) is 0 Å². The summed E-state index contributed by atoms with van der Waals surface area (Å²) >= 11 is 0. The van der Waals surface area contributed by atoms with Crippen LogP contribution in [0.4, 0.5) is 5.82 Å². The Hall–Kier alpha value is -4.37. The second-order valence-electron chi connectivity index (χ2n) is 11.3. The van der Waals surface area contributed by atoms with Crippen molar-refractivity contribution in [3.05, 3.63) is 90.3 Å². The molecule has 9 heteroatoms. The molecule has 3 atom stereocenters. The highest BCUT2D eigenvalue weighted by molar-refractivity contribution is 5.98. The zero-order valence-corrected chi connectivity index (χ0v) is 23.5. The molecule has 2 aliphatic rings. The molecule has 9 nitrogen and oxygen atoms in total. The number of benzene rings is 1. The number of nitrogens with zero attached hydrogens (tertiary/aromatic N) is 6. The van der Waals surface area contributed by atoms with Gasteiger partial charge in [-0.15, -0.1) is 0 Å². The summed E-state index contributed by atoms with van der Waals surface area (Å²) in [5.41, 5.74) is 10.0. The Kier molecular flexibility index (Phi) is 7.36. The summed E-state index contributed by atoms with van der Waals surface area (Å²) in [5, 5.41) is 0. The smallest absolute Gasteiger partial charge is 0.246 e. The molecule has 2 unspecified atom stereocenters. The van der Waals surface area contributed by atoms with Crippen LogP contribution in [-0.4, -0.2) is 68.0 Å². The van der Waals surface area contributed by atoms with E-state index in [-0.39, 0.29) is 24.2 Å². The summed E-state index contributed by atoms with van der Waals surface area (Å²) in [6.45, 7) is 1.44. The van der Waals surface area contributed by atoms with Crippen LogP contribution in [-0.2, 0) is 11.2 Å². The summed E-state index contributed by atoms with van der Waals surface area (Å²) in [4.78, 5) is 44.2. The number of nitrogens with two attached hydrogens (primary N) is 1. The van der Waals surface area contributed by atoms with E-state index in [1.54, 1.807) is 18.5 Å². The average Bonchev–Trinajstić information content (AvgIpc) is 3.67. The fraction of sp³-hybridized carbons (Fsp3) is 0.344. The first-order valence-corrected chi connectivity index (χ1v) is 14.2. The number of anilines is 1. The SMILES string of the molecule is CN(C)C/C=C/C(=O)N1CC2CCCC2[C@H]1c1nc(-c2ccc(C(=O)Cc3ccccn3)cc2)c2c(N)nccn12. The molecule has 1 amide bonds. The number of ketones is 1. The minimum atomic E-state index is -0.152. The zero-order chi connectivity index (χ0) is 28.5. The van der Waals surface area contributed by atoms with Crippen molar-refractivity contribution in [2.45, 2.75) is 31.7 Å². The first-order chi connectivity index (χ1) is 19.9. The van der Waals surface area contributed by atoms with Crippen molar-refractivity contribution in [3.8, 4) is 11.3 Å². The average molecular weight is 550 g/mol.